The summed E-state index contributed by atoms with van der Waals surface area (Å²) in [5.41, 5.74) is 1.71. The number of rotatable bonds is 4. The summed E-state index contributed by atoms with van der Waals surface area (Å²) >= 11 is 0. The van der Waals surface area contributed by atoms with Crippen LogP contribution in [0.25, 0.3) is 10.9 Å². The molecule has 0 aliphatic carbocycles. The highest BCUT2D eigenvalue weighted by Crippen LogP contribution is 2.17. The van der Waals surface area contributed by atoms with E-state index in [9.17, 15) is 9.59 Å². The van der Waals surface area contributed by atoms with Crippen molar-refractivity contribution in [1.82, 2.24) is 9.88 Å². The van der Waals surface area contributed by atoms with E-state index in [-0.39, 0.29) is 5.91 Å². The molecule has 0 saturated heterocycles. The normalized spacial score (nSPS) is 10.4. The second-order valence-corrected chi connectivity index (χ2v) is 3.87. The van der Waals surface area contributed by atoms with Crippen molar-refractivity contribution >= 4 is 23.1 Å². The number of amides is 1. The number of carbonyl (C=O) groups is 2. The number of nitrogens with zero attached hydrogens (tertiary/aromatic N) is 1. The summed E-state index contributed by atoms with van der Waals surface area (Å²) in [5, 5.41) is 3.62. The minimum atomic E-state index is 0.0244. The van der Waals surface area contributed by atoms with E-state index < -0.39 is 0 Å². The van der Waals surface area contributed by atoms with Crippen molar-refractivity contribution in [3.05, 3.63) is 36.0 Å². The molecule has 0 bridgehead atoms. The molecule has 0 aliphatic heterocycles. The molecule has 2 rings (SSSR count). The Labute approximate surface area is 99.2 Å². The van der Waals surface area contributed by atoms with Gasteiger partial charge < -0.3 is 9.88 Å². The number of aromatic nitrogens is 1. The van der Waals surface area contributed by atoms with Crippen LogP contribution >= 0.6 is 0 Å². The zero-order valence-electron chi connectivity index (χ0n) is 9.64. The molecule has 4 heteroatoms. The fourth-order valence-corrected chi connectivity index (χ4v) is 1.83. The Morgan fingerprint density at radius 1 is 1.41 bits per heavy atom. The van der Waals surface area contributed by atoms with E-state index in [4.69, 9.17) is 0 Å². The lowest BCUT2D eigenvalue weighted by Crippen LogP contribution is -2.19. The van der Waals surface area contributed by atoms with Gasteiger partial charge in [-0.05, 0) is 24.3 Å². The minimum Gasteiger partial charge on any atom is -0.359 e. The highest BCUT2D eigenvalue weighted by Gasteiger charge is 2.04. The summed E-state index contributed by atoms with van der Waals surface area (Å²) < 4.78 is 2.01. The van der Waals surface area contributed by atoms with Crippen molar-refractivity contribution in [1.29, 1.82) is 0 Å². The molecule has 0 spiro atoms. The number of aldehydes is 1. The molecule has 1 heterocycles. The van der Waals surface area contributed by atoms with Crippen LogP contribution in [-0.4, -0.2) is 23.8 Å². The third-order valence-electron chi connectivity index (χ3n) is 2.79. The van der Waals surface area contributed by atoms with Crippen LogP contribution in [0.4, 0.5) is 0 Å². The number of aryl methyl sites for hydroxylation is 1. The van der Waals surface area contributed by atoms with Crippen molar-refractivity contribution in [3.8, 4) is 0 Å². The van der Waals surface area contributed by atoms with E-state index in [1.54, 1.807) is 13.1 Å². The van der Waals surface area contributed by atoms with E-state index in [1.807, 2.05) is 29.0 Å². The van der Waals surface area contributed by atoms with Gasteiger partial charge in [-0.15, -0.1) is 0 Å². The van der Waals surface area contributed by atoms with Crippen molar-refractivity contribution in [2.45, 2.75) is 13.0 Å². The lowest BCUT2D eigenvalue weighted by atomic mass is 10.2. The van der Waals surface area contributed by atoms with Gasteiger partial charge in [0.15, 0.2) is 0 Å². The average molecular weight is 230 g/mol. The molecule has 2 aromatic rings. The molecule has 0 radical (unpaired) electrons. The number of fused-ring (bicyclic) bond motifs is 1. The van der Waals surface area contributed by atoms with Crippen LogP contribution < -0.4 is 5.32 Å². The topological polar surface area (TPSA) is 51.1 Å². The monoisotopic (exact) mass is 230 g/mol. The van der Waals surface area contributed by atoms with E-state index in [2.05, 4.69) is 5.32 Å². The molecule has 0 saturated carbocycles. The maximum atomic E-state index is 11.2. The summed E-state index contributed by atoms with van der Waals surface area (Å²) in [6, 6.07) is 7.49. The number of nitrogens with one attached hydrogen (secondary N) is 1. The Hall–Kier alpha value is -2.10. The second-order valence-electron chi connectivity index (χ2n) is 3.87. The molecule has 1 aromatic heterocycles. The maximum Gasteiger partial charge on any atom is 0.221 e. The van der Waals surface area contributed by atoms with Gasteiger partial charge in [-0.2, -0.15) is 0 Å². The zero-order valence-corrected chi connectivity index (χ0v) is 9.64. The molecule has 1 aromatic carbocycles. The zero-order chi connectivity index (χ0) is 12.3. The lowest BCUT2D eigenvalue weighted by Gasteiger charge is -2.04. The smallest absolute Gasteiger partial charge is 0.221 e. The summed E-state index contributed by atoms with van der Waals surface area (Å²) in [4.78, 5) is 21.8. The largest absolute Gasteiger partial charge is 0.359 e. The van der Waals surface area contributed by atoms with Gasteiger partial charge in [-0.1, -0.05) is 0 Å². The molecule has 0 fully saturated rings. The lowest BCUT2D eigenvalue weighted by molar-refractivity contribution is -0.120. The van der Waals surface area contributed by atoms with Crippen molar-refractivity contribution in [2.24, 2.45) is 0 Å². The number of benzene rings is 1. The van der Waals surface area contributed by atoms with E-state index >= 15 is 0 Å². The summed E-state index contributed by atoms with van der Waals surface area (Å²) in [7, 11) is 1.63. The fraction of sp³-hybridized carbons (Fsp3) is 0.231. The standard InChI is InChI=1S/C13H14N2O2/c1-14-13(17)5-7-15-6-4-11-8-10(9-16)2-3-12(11)15/h2-4,6,8-9H,5,7H2,1H3,(H,14,17). The first kappa shape index (κ1) is 11.4. The first-order valence-electron chi connectivity index (χ1n) is 5.49. The molecule has 88 valence electrons. The third-order valence-corrected chi connectivity index (χ3v) is 2.79. The van der Waals surface area contributed by atoms with Gasteiger partial charge in [-0.3, -0.25) is 9.59 Å². The van der Waals surface area contributed by atoms with Crippen LogP contribution in [0.3, 0.4) is 0 Å². The van der Waals surface area contributed by atoms with Crippen LogP contribution in [0.15, 0.2) is 30.5 Å². The van der Waals surface area contributed by atoms with Crippen LogP contribution in [0.1, 0.15) is 16.8 Å². The molecular weight excluding hydrogens is 216 g/mol. The van der Waals surface area contributed by atoms with Crippen LogP contribution in [0, 0.1) is 0 Å². The Balaban J connectivity index is 2.24. The van der Waals surface area contributed by atoms with Gasteiger partial charge in [0.05, 0.1) is 0 Å². The Kier molecular flexibility index (Phi) is 3.23. The fourth-order valence-electron chi connectivity index (χ4n) is 1.83. The molecular formula is C13H14N2O2. The minimum absolute atomic E-state index is 0.0244. The molecule has 0 unspecified atom stereocenters. The van der Waals surface area contributed by atoms with Gasteiger partial charge in [-0.25, -0.2) is 0 Å². The van der Waals surface area contributed by atoms with Gasteiger partial charge in [0.2, 0.25) is 5.91 Å². The van der Waals surface area contributed by atoms with Gasteiger partial charge in [0.25, 0.3) is 0 Å². The molecule has 0 atom stereocenters. The highest BCUT2D eigenvalue weighted by molar-refractivity contribution is 5.87. The first-order valence-corrected chi connectivity index (χ1v) is 5.49. The summed E-state index contributed by atoms with van der Waals surface area (Å²) in [5.74, 6) is 0.0244. The number of hydrogen-bond donors (Lipinski definition) is 1. The average Bonchev–Trinajstić information content (AvgIpc) is 2.77. The SMILES string of the molecule is CNC(=O)CCn1ccc2cc(C=O)ccc21. The summed E-state index contributed by atoms with van der Waals surface area (Å²) in [6.07, 6.45) is 3.22. The van der Waals surface area contributed by atoms with Crippen molar-refractivity contribution in [2.75, 3.05) is 7.05 Å². The number of hydrogen-bond acceptors (Lipinski definition) is 2. The predicted octanol–water partition coefficient (Wildman–Crippen LogP) is 1.59. The third kappa shape index (κ3) is 2.36. The first-order chi connectivity index (χ1) is 8.24. The van der Waals surface area contributed by atoms with Gasteiger partial charge in [0, 0.05) is 42.7 Å². The number of carbonyl (C=O) groups excluding carboxylic acids is 2. The van der Waals surface area contributed by atoms with Crippen LogP contribution in [-0.2, 0) is 11.3 Å². The molecule has 0 aliphatic rings. The Bertz CT molecular complexity index is 558. The highest BCUT2D eigenvalue weighted by atomic mass is 16.1. The van der Waals surface area contributed by atoms with Gasteiger partial charge >= 0.3 is 0 Å². The second kappa shape index (κ2) is 4.82. The Morgan fingerprint density at radius 2 is 2.24 bits per heavy atom. The van der Waals surface area contributed by atoms with Crippen molar-refractivity contribution in [3.63, 3.8) is 0 Å². The quantitative estimate of drug-likeness (QED) is 0.811. The summed E-state index contributed by atoms with van der Waals surface area (Å²) in [6.45, 7) is 0.642. The molecule has 17 heavy (non-hydrogen) atoms. The van der Waals surface area contributed by atoms with E-state index in [1.165, 1.54) is 0 Å². The van der Waals surface area contributed by atoms with Crippen LogP contribution in [0.2, 0.25) is 0 Å². The molecule has 4 nitrogen and oxygen atoms in total. The van der Waals surface area contributed by atoms with Gasteiger partial charge in [0.1, 0.15) is 6.29 Å². The Morgan fingerprint density at radius 3 is 2.94 bits per heavy atom. The van der Waals surface area contributed by atoms with Crippen LogP contribution in [0.5, 0.6) is 0 Å². The maximum absolute atomic E-state index is 11.2. The molecule has 1 amide bonds. The van der Waals surface area contributed by atoms with Crippen molar-refractivity contribution < 1.29 is 9.59 Å². The van der Waals surface area contributed by atoms with E-state index in [0.717, 1.165) is 17.2 Å². The predicted molar refractivity (Wildman–Crippen MR) is 66.0 cm³/mol. The molecule has 1 N–H and O–H groups in total. The van der Waals surface area contributed by atoms with E-state index in [0.29, 0.717) is 18.5 Å².